The summed E-state index contributed by atoms with van der Waals surface area (Å²) in [5.74, 6) is -1.61. The lowest BCUT2D eigenvalue weighted by Crippen LogP contribution is -2.21. The summed E-state index contributed by atoms with van der Waals surface area (Å²) in [6.45, 7) is 3.41. The van der Waals surface area contributed by atoms with Crippen LogP contribution < -0.4 is 11.1 Å². The summed E-state index contributed by atoms with van der Waals surface area (Å²) >= 11 is 0. The molecule has 29 heavy (non-hydrogen) atoms. The van der Waals surface area contributed by atoms with Gasteiger partial charge in [-0.05, 0) is 49.7 Å². The standard InChI is InChI=1S/C20H17F3N4O2/c1-11-3-6-14(7-4-11)27-17(20(21,22)23)16(10-25-27)19(29)26-13-5-8-15(18(24)28)12(2)9-13/h3-10H,1-2H3,(H2,24,28)(H,26,29). The molecule has 0 radical (unpaired) electrons. The smallest absolute Gasteiger partial charge is 0.366 e. The van der Waals surface area contributed by atoms with E-state index in [2.05, 4.69) is 10.4 Å². The van der Waals surface area contributed by atoms with Gasteiger partial charge in [0.1, 0.15) is 0 Å². The largest absolute Gasteiger partial charge is 0.434 e. The molecule has 0 saturated heterocycles. The van der Waals surface area contributed by atoms with Gasteiger partial charge in [0.05, 0.1) is 17.4 Å². The van der Waals surface area contributed by atoms with Crippen LogP contribution in [0.3, 0.4) is 0 Å². The van der Waals surface area contributed by atoms with Crippen molar-refractivity contribution < 1.29 is 22.8 Å². The zero-order valence-corrected chi connectivity index (χ0v) is 15.5. The zero-order valence-electron chi connectivity index (χ0n) is 15.5. The number of carbonyl (C=O) groups is 2. The molecule has 1 aromatic heterocycles. The molecule has 0 fully saturated rings. The van der Waals surface area contributed by atoms with E-state index in [0.29, 0.717) is 10.2 Å². The molecule has 0 aliphatic rings. The molecule has 0 aliphatic carbocycles. The summed E-state index contributed by atoms with van der Waals surface area (Å²) in [5.41, 5.74) is 5.47. The van der Waals surface area contributed by atoms with E-state index in [9.17, 15) is 22.8 Å². The second-order valence-corrected chi connectivity index (χ2v) is 6.50. The van der Waals surface area contributed by atoms with E-state index in [-0.39, 0.29) is 16.9 Å². The van der Waals surface area contributed by atoms with Gasteiger partial charge >= 0.3 is 6.18 Å². The number of aromatic nitrogens is 2. The first-order chi connectivity index (χ1) is 13.6. The molecule has 2 amide bonds. The van der Waals surface area contributed by atoms with E-state index in [4.69, 9.17) is 5.73 Å². The molecule has 150 valence electrons. The lowest BCUT2D eigenvalue weighted by molar-refractivity contribution is -0.143. The van der Waals surface area contributed by atoms with E-state index in [1.807, 2.05) is 6.92 Å². The predicted octanol–water partition coefficient (Wildman–Crippen LogP) is 3.86. The number of amides is 2. The van der Waals surface area contributed by atoms with Gasteiger partial charge in [-0.2, -0.15) is 18.3 Å². The molecule has 3 aromatic rings. The van der Waals surface area contributed by atoms with E-state index in [1.54, 1.807) is 19.1 Å². The molecule has 1 heterocycles. The highest BCUT2D eigenvalue weighted by Gasteiger charge is 2.40. The minimum absolute atomic E-state index is 0.184. The van der Waals surface area contributed by atoms with Gasteiger partial charge in [-0.25, -0.2) is 4.68 Å². The lowest BCUT2D eigenvalue weighted by atomic mass is 10.1. The first-order valence-corrected chi connectivity index (χ1v) is 8.52. The van der Waals surface area contributed by atoms with Crippen molar-refractivity contribution in [2.24, 2.45) is 5.73 Å². The van der Waals surface area contributed by atoms with Crippen molar-refractivity contribution in [3.8, 4) is 5.69 Å². The van der Waals surface area contributed by atoms with Crippen molar-refractivity contribution in [3.05, 3.63) is 76.6 Å². The summed E-state index contributed by atoms with van der Waals surface area (Å²) < 4.78 is 41.9. The number of halogens is 3. The molecular formula is C20H17F3N4O2. The van der Waals surface area contributed by atoms with Crippen LogP contribution in [0.2, 0.25) is 0 Å². The zero-order chi connectivity index (χ0) is 21.3. The summed E-state index contributed by atoms with van der Waals surface area (Å²) in [6.07, 6.45) is -3.93. The normalized spacial score (nSPS) is 11.3. The first-order valence-electron chi connectivity index (χ1n) is 8.52. The van der Waals surface area contributed by atoms with Gasteiger partial charge < -0.3 is 11.1 Å². The van der Waals surface area contributed by atoms with Gasteiger partial charge in [0.15, 0.2) is 5.69 Å². The number of carbonyl (C=O) groups excluding carboxylic acids is 2. The first kappa shape index (κ1) is 20.1. The number of benzene rings is 2. The van der Waals surface area contributed by atoms with Crippen molar-refractivity contribution in [3.63, 3.8) is 0 Å². The molecule has 3 N–H and O–H groups in total. The fraction of sp³-hybridized carbons (Fsp3) is 0.150. The number of rotatable bonds is 4. The maximum Gasteiger partial charge on any atom is 0.434 e. The third-order valence-electron chi connectivity index (χ3n) is 4.31. The lowest BCUT2D eigenvalue weighted by Gasteiger charge is -2.13. The minimum Gasteiger partial charge on any atom is -0.366 e. The third-order valence-corrected chi connectivity index (χ3v) is 4.31. The third kappa shape index (κ3) is 4.13. The van der Waals surface area contributed by atoms with Crippen LogP contribution in [0, 0.1) is 13.8 Å². The Morgan fingerprint density at radius 3 is 2.24 bits per heavy atom. The number of aryl methyl sites for hydroxylation is 2. The maximum atomic E-state index is 13.7. The van der Waals surface area contributed by atoms with Crippen molar-refractivity contribution in [2.75, 3.05) is 5.32 Å². The molecule has 0 unspecified atom stereocenters. The van der Waals surface area contributed by atoms with E-state index in [0.717, 1.165) is 11.8 Å². The minimum atomic E-state index is -4.81. The van der Waals surface area contributed by atoms with E-state index >= 15 is 0 Å². The van der Waals surface area contributed by atoms with E-state index in [1.165, 1.54) is 30.3 Å². The molecule has 3 rings (SSSR count). The number of nitrogens with one attached hydrogen (secondary N) is 1. The monoisotopic (exact) mass is 402 g/mol. The fourth-order valence-corrected chi connectivity index (χ4v) is 2.89. The van der Waals surface area contributed by atoms with Crippen molar-refractivity contribution in [1.82, 2.24) is 9.78 Å². The second-order valence-electron chi connectivity index (χ2n) is 6.50. The Hall–Kier alpha value is -3.62. The number of nitrogens with two attached hydrogens (primary N) is 1. The number of nitrogens with zero attached hydrogens (tertiary/aromatic N) is 2. The molecule has 0 atom stereocenters. The molecule has 0 aliphatic heterocycles. The molecule has 0 saturated carbocycles. The molecule has 0 spiro atoms. The topological polar surface area (TPSA) is 90.0 Å². The second kappa shape index (κ2) is 7.42. The van der Waals surface area contributed by atoms with Crippen molar-refractivity contribution >= 4 is 17.5 Å². The average molecular weight is 402 g/mol. The summed E-state index contributed by atoms with van der Waals surface area (Å²) in [4.78, 5) is 23.8. The van der Waals surface area contributed by atoms with Gasteiger partial charge in [-0.1, -0.05) is 17.7 Å². The van der Waals surface area contributed by atoms with Crippen LogP contribution in [0.4, 0.5) is 18.9 Å². The number of anilines is 1. The highest BCUT2D eigenvalue weighted by Crippen LogP contribution is 2.34. The van der Waals surface area contributed by atoms with Gasteiger partial charge in [0.2, 0.25) is 5.91 Å². The molecule has 9 heteroatoms. The summed E-state index contributed by atoms with van der Waals surface area (Å²) in [7, 11) is 0. The van der Waals surface area contributed by atoms with Crippen LogP contribution in [0.25, 0.3) is 5.69 Å². The predicted molar refractivity (Wildman–Crippen MR) is 101 cm³/mol. The Kier molecular flexibility index (Phi) is 5.15. The van der Waals surface area contributed by atoms with Crippen LogP contribution in [0.5, 0.6) is 0 Å². The van der Waals surface area contributed by atoms with Crippen molar-refractivity contribution in [2.45, 2.75) is 20.0 Å². The highest BCUT2D eigenvalue weighted by atomic mass is 19.4. The summed E-state index contributed by atoms with van der Waals surface area (Å²) in [6, 6.07) is 10.5. The Morgan fingerprint density at radius 1 is 1.03 bits per heavy atom. The fourth-order valence-electron chi connectivity index (χ4n) is 2.89. The SMILES string of the molecule is Cc1ccc(-n2ncc(C(=O)Nc3ccc(C(N)=O)c(C)c3)c2C(F)(F)F)cc1. The summed E-state index contributed by atoms with van der Waals surface area (Å²) in [5, 5.41) is 6.18. The molecule has 2 aromatic carbocycles. The molecular weight excluding hydrogens is 385 g/mol. The average Bonchev–Trinajstić information content (AvgIpc) is 3.07. The van der Waals surface area contributed by atoms with E-state index < -0.39 is 29.2 Å². The van der Waals surface area contributed by atoms with Crippen LogP contribution >= 0.6 is 0 Å². The number of primary amides is 1. The highest BCUT2D eigenvalue weighted by molar-refractivity contribution is 6.05. The number of alkyl halides is 3. The van der Waals surface area contributed by atoms with Gasteiger partial charge in [-0.15, -0.1) is 0 Å². The quantitative estimate of drug-likeness (QED) is 0.694. The number of hydrogen-bond donors (Lipinski definition) is 2. The van der Waals surface area contributed by atoms with Crippen LogP contribution in [0.15, 0.2) is 48.7 Å². The molecule has 0 bridgehead atoms. The Balaban J connectivity index is 1.98. The van der Waals surface area contributed by atoms with Crippen LogP contribution in [-0.2, 0) is 6.18 Å². The Morgan fingerprint density at radius 2 is 1.69 bits per heavy atom. The molecule has 6 nitrogen and oxygen atoms in total. The van der Waals surface area contributed by atoms with Crippen LogP contribution in [-0.4, -0.2) is 21.6 Å². The Bertz CT molecular complexity index is 1090. The van der Waals surface area contributed by atoms with Gasteiger partial charge in [-0.3, -0.25) is 9.59 Å². The van der Waals surface area contributed by atoms with Gasteiger partial charge in [0.25, 0.3) is 5.91 Å². The number of hydrogen-bond acceptors (Lipinski definition) is 3. The Labute approximate surface area is 164 Å². The van der Waals surface area contributed by atoms with Gasteiger partial charge in [0, 0.05) is 11.3 Å². The maximum absolute atomic E-state index is 13.7. The van der Waals surface area contributed by atoms with Crippen LogP contribution in [0.1, 0.15) is 37.5 Å². The van der Waals surface area contributed by atoms with Crippen molar-refractivity contribution in [1.29, 1.82) is 0 Å².